The number of benzene rings is 4. The van der Waals surface area contributed by atoms with E-state index in [0.29, 0.717) is 22.6 Å². The van der Waals surface area contributed by atoms with Crippen LogP contribution in [0.5, 0.6) is 5.75 Å². The first kappa shape index (κ1) is 48.5. The maximum atomic E-state index is 14.7. The lowest BCUT2D eigenvalue weighted by Crippen LogP contribution is -2.51. The van der Waals surface area contributed by atoms with E-state index in [1.807, 2.05) is 80.6 Å². The fraction of sp³-hybridized carbons (Fsp3) is 0.273. The van der Waals surface area contributed by atoms with E-state index < -0.39 is 17.3 Å². The van der Waals surface area contributed by atoms with Crippen LogP contribution >= 0.6 is 0 Å². The minimum atomic E-state index is -4.63. The van der Waals surface area contributed by atoms with Crippen LogP contribution < -0.4 is 36.0 Å². The molecule has 73 heavy (non-hydrogen) atoms. The molecule has 3 N–H and O–H groups in total. The van der Waals surface area contributed by atoms with E-state index in [0.717, 1.165) is 105 Å². The molecule has 374 valence electrons. The van der Waals surface area contributed by atoms with E-state index in [-0.39, 0.29) is 35.5 Å². The summed E-state index contributed by atoms with van der Waals surface area (Å²) in [6, 6.07) is 36.2. The van der Waals surface area contributed by atoms with Crippen LogP contribution in [-0.4, -0.2) is 111 Å². The summed E-state index contributed by atoms with van der Waals surface area (Å²) in [5.74, 6) is 2.06. The maximum absolute atomic E-state index is 14.7. The number of aromatic nitrogens is 6. The van der Waals surface area contributed by atoms with Crippen LogP contribution in [0.4, 0.5) is 53.6 Å². The van der Waals surface area contributed by atoms with Crippen LogP contribution in [0.1, 0.15) is 25.0 Å². The second kappa shape index (κ2) is 21.3. The van der Waals surface area contributed by atoms with Crippen molar-refractivity contribution in [2.45, 2.75) is 32.8 Å². The average Bonchev–Trinajstić information content (AvgIpc) is 3.40. The molecule has 2 aliphatic rings. The number of fused-ring (bicyclic) bond motifs is 1. The largest absolute Gasteiger partial charge is 0.475 e. The first-order valence-corrected chi connectivity index (χ1v) is 24.5. The standard InChI is InChI=1S/C55H56F3N13O2/c1-4-59-50-21-12-39(34-61-50)49-22-23-60-53(65-49)63-42-13-19-45(20-14-42)70-30-28-68(29-31-70)37(2)73-46-10-7-9-38(32-46)47-33-41-35-62-54(64-43-15-17-44(18-16-43)69-26-24-67(3)25-27-69)66-51(41)71(52(47)72)36-40-8-5-6-11-48(40)55(56,57)58/h5-23,32-35,37H,4,24-31,36H2,1-3H3,(H,59,61)(H,60,63,65)(H,62,64,66). The zero-order valence-corrected chi connectivity index (χ0v) is 40.9. The number of hydrogen-bond acceptors (Lipinski definition) is 14. The molecule has 15 nitrogen and oxygen atoms in total. The fourth-order valence-corrected chi connectivity index (χ4v) is 9.27. The highest BCUT2D eigenvalue weighted by atomic mass is 19.4. The van der Waals surface area contributed by atoms with Crippen molar-refractivity contribution >= 4 is 51.5 Å². The number of rotatable bonds is 15. The van der Waals surface area contributed by atoms with Gasteiger partial charge in [0.1, 0.15) is 23.4 Å². The average molecular weight is 988 g/mol. The van der Waals surface area contributed by atoms with Gasteiger partial charge in [0.05, 0.1) is 17.8 Å². The molecule has 1 unspecified atom stereocenters. The molecule has 1 atom stereocenters. The molecule has 6 heterocycles. The molecule has 8 aromatic rings. The van der Waals surface area contributed by atoms with Crippen molar-refractivity contribution in [1.29, 1.82) is 0 Å². The van der Waals surface area contributed by atoms with Gasteiger partial charge < -0.3 is 35.4 Å². The van der Waals surface area contributed by atoms with Gasteiger partial charge in [0.25, 0.3) is 5.56 Å². The Morgan fingerprint density at radius 2 is 1.36 bits per heavy atom. The molecule has 10 rings (SSSR count). The lowest BCUT2D eigenvalue weighted by Gasteiger charge is -2.39. The Kier molecular flexibility index (Phi) is 14.2. The van der Waals surface area contributed by atoms with Gasteiger partial charge in [-0.15, -0.1) is 0 Å². The van der Waals surface area contributed by atoms with Gasteiger partial charge in [-0.1, -0.05) is 30.3 Å². The first-order chi connectivity index (χ1) is 35.4. The molecular weight excluding hydrogens is 932 g/mol. The number of hydrogen-bond donors (Lipinski definition) is 3. The molecule has 4 aromatic carbocycles. The Morgan fingerprint density at radius 3 is 2.01 bits per heavy atom. The number of anilines is 7. The number of ether oxygens (including phenoxy) is 1. The molecule has 18 heteroatoms. The van der Waals surface area contributed by atoms with Gasteiger partial charge in [0.15, 0.2) is 0 Å². The van der Waals surface area contributed by atoms with Crippen molar-refractivity contribution < 1.29 is 17.9 Å². The van der Waals surface area contributed by atoms with Crippen LogP contribution in [0.3, 0.4) is 0 Å². The summed E-state index contributed by atoms with van der Waals surface area (Å²) < 4.78 is 50.9. The van der Waals surface area contributed by atoms with E-state index in [9.17, 15) is 18.0 Å². The number of piperazine rings is 2. The van der Waals surface area contributed by atoms with E-state index in [2.05, 4.69) is 69.7 Å². The molecule has 0 aliphatic carbocycles. The second-order valence-corrected chi connectivity index (χ2v) is 18.2. The van der Waals surface area contributed by atoms with Gasteiger partial charge in [-0.3, -0.25) is 14.3 Å². The maximum Gasteiger partial charge on any atom is 0.416 e. The molecular formula is C55H56F3N13O2. The molecule has 2 saturated heterocycles. The summed E-state index contributed by atoms with van der Waals surface area (Å²) in [7, 11) is 2.12. The van der Waals surface area contributed by atoms with E-state index in [1.54, 1.807) is 36.8 Å². The van der Waals surface area contributed by atoms with E-state index >= 15 is 0 Å². The molecule has 0 spiro atoms. The van der Waals surface area contributed by atoms with Crippen molar-refractivity contribution in [3.63, 3.8) is 0 Å². The van der Waals surface area contributed by atoms with Gasteiger partial charge in [-0.25, -0.2) is 19.9 Å². The Hall–Kier alpha value is -8.09. The van der Waals surface area contributed by atoms with Crippen LogP contribution in [-0.2, 0) is 12.7 Å². The normalized spacial score (nSPS) is 15.0. The van der Waals surface area contributed by atoms with Crippen molar-refractivity contribution in [2.75, 3.05) is 91.7 Å². The number of nitrogens with one attached hydrogen (secondary N) is 3. The molecule has 0 amide bonds. The summed E-state index contributed by atoms with van der Waals surface area (Å²) in [4.78, 5) is 46.8. The summed E-state index contributed by atoms with van der Waals surface area (Å²) in [5, 5.41) is 10.2. The van der Waals surface area contributed by atoms with Crippen molar-refractivity contribution in [1.82, 2.24) is 39.3 Å². The van der Waals surface area contributed by atoms with E-state index in [1.165, 1.54) is 22.8 Å². The third kappa shape index (κ3) is 11.3. The summed E-state index contributed by atoms with van der Waals surface area (Å²) in [6.07, 6.45) is 0.189. The minimum absolute atomic E-state index is 0.0588. The van der Waals surface area contributed by atoms with Gasteiger partial charge in [-0.2, -0.15) is 18.2 Å². The van der Waals surface area contributed by atoms with E-state index in [4.69, 9.17) is 14.7 Å². The predicted octanol–water partition coefficient (Wildman–Crippen LogP) is 9.60. The van der Waals surface area contributed by atoms with Gasteiger partial charge in [-0.05, 0) is 123 Å². The lowest BCUT2D eigenvalue weighted by molar-refractivity contribution is -0.138. The molecule has 2 aliphatic heterocycles. The monoisotopic (exact) mass is 987 g/mol. The van der Waals surface area contributed by atoms with Gasteiger partial charge in [0, 0.05) is 117 Å². The third-order valence-corrected chi connectivity index (χ3v) is 13.3. The highest BCUT2D eigenvalue weighted by Gasteiger charge is 2.33. The highest BCUT2D eigenvalue weighted by Crippen LogP contribution is 2.34. The second-order valence-electron chi connectivity index (χ2n) is 18.2. The Labute approximate surface area is 421 Å². The van der Waals surface area contributed by atoms with Crippen molar-refractivity contribution in [3.05, 3.63) is 161 Å². The van der Waals surface area contributed by atoms with Crippen LogP contribution in [0.2, 0.25) is 0 Å². The third-order valence-electron chi connectivity index (χ3n) is 13.3. The smallest absolute Gasteiger partial charge is 0.416 e. The Balaban J connectivity index is 0.819. The number of likely N-dealkylation sites (N-methyl/N-ethyl adjacent to an activating group) is 1. The number of pyridine rings is 2. The van der Waals surface area contributed by atoms with Crippen molar-refractivity contribution in [2.24, 2.45) is 0 Å². The molecule has 0 radical (unpaired) electrons. The molecule has 0 saturated carbocycles. The van der Waals surface area contributed by atoms with Crippen LogP contribution in [0.25, 0.3) is 33.4 Å². The first-order valence-electron chi connectivity index (χ1n) is 24.5. The summed E-state index contributed by atoms with van der Waals surface area (Å²) in [5.41, 5.74) is 5.11. The van der Waals surface area contributed by atoms with Crippen LogP contribution in [0.15, 0.2) is 145 Å². The zero-order valence-electron chi connectivity index (χ0n) is 40.9. The zero-order chi connectivity index (χ0) is 50.5. The molecule has 4 aromatic heterocycles. The van der Waals surface area contributed by atoms with Gasteiger partial charge >= 0.3 is 6.18 Å². The molecule has 2 fully saturated rings. The quantitative estimate of drug-likeness (QED) is 0.0897. The SMILES string of the molecule is CCNc1ccc(-c2ccnc(Nc3ccc(N4CCN(C(C)Oc5cccc(-c6cc7cnc(Nc8ccc(N9CCN(C)CC9)cc8)nc7n(Cc7ccccc7C(F)(F)F)c6=O)c5)CC4)cc3)n2)cn1. The summed E-state index contributed by atoms with van der Waals surface area (Å²) >= 11 is 0. The molecule has 0 bridgehead atoms. The topological polar surface area (TPSA) is 145 Å². The number of halogens is 3. The minimum Gasteiger partial charge on any atom is -0.475 e. The highest BCUT2D eigenvalue weighted by molar-refractivity contribution is 5.82. The predicted molar refractivity (Wildman–Crippen MR) is 282 cm³/mol. The lowest BCUT2D eigenvalue weighted by atomic mass is 10.0. The summed E-state index contributed by atoms with van der Waals surface area (Å²) in [6.45, 7) is 11.4. The van der Waals surface area contributed by atoms with Crippen molar-refractivity contribution in [3.8, 4) is 28.1 Å². The number of nitrogens with zero attached hydrogens (tertiary/aromatic N) is 10. The Morgan fingerprint density at radius 1 is 0.685 bits per heavy atom. The Bertz CT molecular complexity index is 3230. The van der Waals surface area contributed by atoms with Gasteiger partial charge in [0.2, 0.25) is 11.9 Å². The van der Waals surface area contributed by atoms with Crippen LogP contribution in [0, 0.1) is 0 Å². The number of alkyl halides is 3. The fourth-order valence-electron chi connectivity index (χ4n) is 9.27.